The average molecular weight is 529 g/mol. The number of hydrogen-bond acceptors (Lipinski definition) is 8. The Morgan fingerprint density at radius 2 is 1.62 bits per heavy atom. The summed E-state index contributed by atoms with van der Waals surface area (Å²) in [4.78, 5) is 40.5. The smallest absolute Gasteiger partial charge is 0.292 e. The molecule has 0 aromatic carbocycles. The number of rotatable bonds is 5. The molecular weight excluding hydrogens is 492 g/mol. The van der Waals surface area contributed by atoms with Gasteiger partial charge in [-0.3, -0.25) is 9.36 Å². The van der Waals surface area contributed by atoms with Crippen LogP contribution in [0.4, 0.5) is 5.82 Å². The first-order valence-electron chi connectivity index (χ1n) is 12.7. The number of imidazole rings is 1. The third-order valence-electron chi connectivity index (χ3n) is 6.03. The Morgan fingerprint density at radius 1 is 1.03 bits per heavy atom. The normalized spacial score (nSPS) is 15.0. The van der Waals surface area contributed by atoms with Crippen LogP contribution in [0.15, 0.2) is 12.4 Å². The zero-order valence-corrected chi connectivity index (χ0v) is 23.8. The second-order valence-corrected chi connectivity index (χ2v) is 12.1. The van der Waals surface area contributed by atoms with Gasteiger partial charge in [-0.25, -0.2) is 24.9 Å². The van der Waals surface area contributed by atoms with Crippen molar-refractivity contribution in [1.82, 2.24) is 34.4 Å². The van der Waals surface area contributed by atoms with Crippen LogP contribution in [0.1, 0.15) is 66.0 Å². The van der Waals surface area contributed by atoms with Crippen molar-refractivity contribution in [1.29, 1.82) is 0 Å². The molecule has 0 unspecified atom stereocenters. The Morgan fingerprint density at radius 3 is 2.16 bits per heavy atom. The number of hydrogen-bond donors (Lipinski definition) is 0. The SMILES string of the molecule is CC(C)Cn1c(Cl)nc2c(N3CCOCC3)nc(-c3cnc(C(=O)N(C(C)(C)C)C(C)(C)C)nc3)nc21. The Labute approximate surface area is 223 Å². The number of morpholine rings is 1. The van der Waals surface area contributed by atoms with Gasteiger partial charge in [-0.05, 0) is 59.1 Å². The van der Waals surface area contributed by atoms with E-state index < -0.39 is 11.1 Å². The maximum absolute atomic E-state index is 13.4. The molecule has 1 saturated heterocycles. The highest BCUT2D eigenvalue weighted by atomic mass is 35.5. The quantitative estimate of drug-likeness (QED) is 0.447. The predicted octanol–water partition coefficient (Wildman–Crippen LogP) is 4.47. The van der Waals surface area contributed by atoms with E-state index in [4.69, 9.17) is 26.3 Å². The predicted molar refractivity (Wildman–Crippen MR) is 145 cm³/mol. The highest BCUT2D eigenvalue weighted by molar-refractivity contribution is 6.29. The first kappa shape index (κ1) is 27.2. The topological polar surface area (TPSA) is 102 Å². The van der Waals surface area contributed by atoms with Gasteiger partial charge in [0.25, 0.3) is 5.91 Å². The summed E-state index contributed by atoms with van der Waals surface area (Å²) in [5.74, 6) is 1.43. The summed E-state index contributed by atoms with van der Waals surface area (Å²) in [7, 11) is 0. The Kier molecular flexibility index (Phi) is 7.45. The second kappa shape index (κ2) is 10.1. The van der Waals surface area contributed by atoms with Crippen LogP contribution in [-0.2, 0) is 11.3 Å². The van der Waals surface area contributed by atoms with Crippen molar-refractivity contribution in [2.75, 3.05) is 31.2 Å². The molecule has 0 N–H and O–H groups in total. The van der Waals surface area contributed by atoms with Gasteiger partial charge >= 0.3 is 0 Å². The van der Waals surface area contributed by atoms with Gasteiger partial charge < -0.3 is 14.5 Å². The summed E-state index contributed by atoms with van der Waals surface area (Å²) < 4.78 is 7.46. The molecule has 3 aromatic rings. The fourth-order valence-electron chi connectivity index (χ4n) is 4.88. The van der Waals surface area contributed by atoms with Gasteiger partial charge in [0.15, 0.2) is 22.8 Å². The van der Waals surface area contributed by atoms with Crippen molar-refractivity contribution in [2.45, 2.75) is 73.0 Å². The number of carbonyl (C=O) groups excluding carboxylic acids is 1. The molecule has 1 aliphatic rings. The van der Waals surface area contributed by atoms with E-state index in [0.29, 0.717) is 72.4 Å². The molecule has 0 radical (unpaired) electrons. The van der Waals surface area contributed by atoms with E-state index in [0.717, 1.165) is 0 Å². The first-order chi connectivity index (χ1) is 17.3. The van der Waals surface area contributed by atoms with Gasteiger partial charge in [0.05, 0.1) is 18.8 Å². The number of carbonyl (C=O) groups is 1. The summed E-state index contributed by atoms with van der Waals surface area (Å²) in [6, 6.07) is 0. The molecule has 1 amide bonds. The maximum atomic E-state index is 13.4. The minimum Gasteiger partial charge on any atom is -0.378 e. The van der Waals surface area contributed by atoms with E-state index in [1.807, 2.05) is 46.1 Å². The summed E-state index contributed by atoms with van der Waals surface area (Å²) in [6.45, 7) is 19.6. The number of fused-ring (bicyclic) bond motifs is 1. The molecule has 200 valence electrons. The molecule has 3 aromatic heterocycles. The standard InChI is InChI=1S/C26H37ClN8O2/c1-16(2)15-34-22-18(30-24(34)27)21(33-9-11-37-12-10-33)31-19(32-22)17-13-28-20(29-14-17)23(36)35(25(3,4)5)26(6,7)8/h13-14,16H,9-12,15H2,1-8H3. The van der Waals surface area contributed by atoms with Gasteiger partial charge in [-0.15, -0.1) is 0 Å². The molecular formula is C26H37ClN8O2. The molecule has 4 heterocycles. The van der Waals surface area contributed by atoms with Crippen LogP contribution >= 0.6 is 11.6 Å². The monoisotopic (exact) mass is 528 g/mol. The number of aromatic nitrogens is 6. The lowest BCUT2D eigenvalue weighted by molar-refractivity contribution is 0.0258. The molecule has 1 fully saturated rings. The van der Waals surface area contributed by atoms with Gasteiger partial charge in [-0.2, -0.15) is 0 Å². The summed E-state index contributed by atoms with van der Waals surface area (Å²) in [6.07, 6.45) is 3.22. The third-order valence-corrected chi connectivity index (χ3v) is 6.32. The fraction of sp³-hybridized carbons (Fsp3) is 0.615. The number of amides is 1. The molecule has 0 aliphatic carbocycles. The molecule has 11 heteroatoms. The Hall–Kier alpha value is -2.85. The minimum absolute atomic E-state index is 0.135. The van der Waals surface area contributed by atoms with Crippen molar-refractivity contribution < 1.29 is 9.53 Å². The van der Waals surface area contributed by atoms with E-state index in [-0.39, 0.29) is 11.7 Å². The fourth-order valence-corrected chi connectivity index (χ4v) is 5.11. The third kappa shape index (κ3) is 5.70. The van der Waals surface area contributed by atoms with E-state index in [1.54, 1.807) is 17.3 Å². The molecule has 1 aliphatic heterocycles. The first-order valence-corrected chi connectivity index (χ1v) is 13.1. The Balaban J connectivity index is 1.78. The largest absolute Gasteiger partial charge is 0.378 e. The maximum Gasteiger partial charge on any atom is 0.292 e. The zero-order chi connectivity index (χ0) is 27.1. The minimum atomic E-state index is -0.396. The molecule has 0 saturated carbocycles. The molecule has 10 nitrogen and oxygen atoms in total. The lowest BCUT2D eigenvalue weighted by Gasteiger charge is -2.45. The van der Waals surface area contributed by atoms with Crippen LogP contribution in [-0.4, -0.2) is 77.7 Å². The van der Waals surface area contributed by atoms with E-state index >= 15 is 0 Å². The number of halogens is 1. The van der Waals surface area contributed by atoms with Gasteiger partial charge in [0, 0.05) is 43.1 Å². The number of ether oxygens (including phenoxy) is 1. The van der Waals surface area contributed by atoms with Crippen molar-refractivity contribution in [3.8, 4) is 11.4 Å². The van der Waals surface area contributed by atoms with Gasteiger partial charge in [0.1, 0.15) is 0 Å². The lowest BCUT2D eigenvalue weighted by Crippen LogP contribution is -2.56. The highest BCUT2D eigenvalue weighted by Crippen LogP contribution is 2.31. The van der Waals surface area contributed by atoms with E-state index in [9.17, 15) is 4.79 Å². The van der Waals surface area contributed by atoms with E-state index in [1.165, 1.54) is 0 Å². The summed E-state index contributed by atoms with van der Waals surface area (Å²) in [5, 5.41) is 0.381. The van der Waals surface area contributed by atoms with Gasteiger partial charge in [-0.1, -0.05) is 13.8 Å². The van der Waals surface area contributed by atoms with Crippen LogP contribution in [0.3, 0.4) is 0 Å². The van der Waals surface area contributed by atoms with E-state index in [2.05, 4.69) is 33.7 Å². The average Bonchev–Trinajstić information content (AvgIpc) is 3.11. The lowest BCUT2D eigenvalue weighted by atomic mass is 9.95. The van der Waals surface area contributed by atoms with Crippen LogP contribution < -0.4 is 4.90 Å². The van der Waals surface area contributed by atoms with Crippen LogP contribution in [0.25, 0.3) is 22.6 Å². The van der Waals surface area contributed by atoms with Crippen LogP contribution in [0, 0.1) is 5.92 Å². The molecule has 0 spiro atoms. The van der Waals surface area contributed by atoms with Crippen LogP contribution in [0.5, 0.6) is 0 Å². The summed E-state index contributed by atoms with van der Waals surface area (Å²) in [5.41, 5.74) is 1.14. The second-order valence-electron chi connectivity index (χ2n) is 11.8. The zero-order valence-electron chi connectivity index (χ0n) is 23.0. The van der Waals surface area contributed by atoms with Crippen molar-refractivity contribution >= 4 is 34.5 Å². The molecule has 4 rings (SSSR count). The molecule has 0 atom stereocenters. The van der Waals surface area contributed by atoms with Crippen molar-refractivity contribution in [2.24, 2.45) is 5.92 Å². The summed E-state index contributed by atoms with van der Waals surface area (Å²) >= 11 is 6.55. The van der Waals surface area contributed by atoms with Crippen LogP contribution in [0.2, 0.25) is 5.28 Å². The number of nitrogens with zero attached hydrogens (tertiary/aromatic N) is 8. The van der Waals surface area contributed by atoms with Gasteiger partial charge in [0.2, 0.25) is 11.1 Å². The molecule has 37 heavy (non-hydrogen) atoms. The van der Waals surface area contributed by atoms with Crippen molar-refractivity contribution in [3.63, 3.8) is 0 Å². The number of anilines is 1. The molecule has 0 bridgehead atoms. The Bertz CT molecular complexity index is 1250. The highest BCUT2D eigenvalue weighted by Gasteiger charge is 2.37. The van der Waals surface area contributed by atoms with Crippen molar-refractivity contribution in [3.05, 3.63) is 23.5 Å².